The second kappa shape index (κ2) is 10.1. The summed E-state index contributed by atoms with van der Waals surface area (Å²) < 4.78 is 2.42. The zero-order valence-corrected chi connectivity index (χ0v) is 25.8. The molecule has 3 heteroatoms. The number of aromatic nitrogens is 3. The Bertz CT molecular complexity index is 2360. The lowest BCUT2D eigenvalue weighted by molar-refractivity contribution is 0.661. The van der Waals surface area contributed by atoms with Crippen molar-refractivity contribution in [2.45, 2.75) is 19.3 Å². The van der Waals surface area contributed by atoms with Gasteiger partial charge in [0.25, 0.3) is 0 Å². The molecule has 0 spiro atoms. The first-order valence-electron chi connectivity index (χ1n) is 15.9. The maximum atomic E-state index is 5.37. The molecule has 0 fully saturated rings. The SMILES string of the molecule is CC1(C)c2ccccc2-c2cc3c4ccccc4n(-c4c(-c5ccccc5)nc(-c5ccccc5)nc4-c4ccccc4)c3cc21. The molecule has 1 aliphatic rings. The highest BCUT2D eigenvalue weighted by molar-refractivity contribution is 6.12. The van der Waals surface area contributed by atoms with Crippen molar-refractivity contribution in [3.05, 3.63) is 163 Å². The van der Waals surface area contributed by atoms with Crippen molar-refractivity contribution in [3.63, 3.8) is 0 Å². The van der Waals surface area contributed by atoms with Crippen LogP contribution in [0.1, 0.15) is 25.0 Å². The lowest BCUT2D eigenvalue weighted by atomic mass is 9.82. The second-order valence-corrected chi connectivity index (χ2v) is 12.6. The first-order chi connectivity index (χ1) is 22.6. The minimum absolute atomic E-state index is 0.125. The van der Waals surface area contributed by atoms with E-state index in [4.69, 9.17) is 9.97 Å². The van der Waals surface area contributed by atoms with Crippen molar-refractivity contribution in [2.24, 2.45) is 0 Å². The van der Waals surface area contributed by atoms with Gasteiger partial charge in [0, 0.05) is 32.9 Å². The molecule has 2 aromatic heterocycles. The fraction of sp³-hybridized carbons (Fsp3) is 0.0698. The lowest BCUT2D eigenvalue weighted by Crippen LogP contribution is -2.15. The van der Waals surface area contributed by atoms with E-state index in [1.54, 1.807) is 0 Å². The molecular weight excluding hydrogens is 558 g/mol. The zero-order valence-electron chi connectivity index (χ0n) is 25.8. The van der Waals surface area contributed by atoms with E-state index in [1.807, 2.05) is 18.2 Å². The van der Waals surface area contributed by atoms with Gasteiger partial charge in [-0.25, -0.2) is 9.97 Å². The number of para-hydroxylation sites is 1. The molecule has 0 amide bonds. The fourth-order valence-electron chi connectivity index (χ4n) is 7.38. The summed E-state index contributed by atoms with van der Waals surface area (Å²) in [6, 6.07) is 53.8. The number of hydrogen-bond acceptors (Lipinski definition) is 2. The molecule has 0 aliphatic heterocycles. The average molecular weight is 590 g/mol. The normalized spacial score (nSPS) is 13.2. The zero-order chi connectivity index (χ0) is 30.8. The van der Waals surface area contributed by atoms with Gasteiger partial charge in [-0.05, 0) is 40.5 Å². The number of hydrogen-bond donors (Lipinski definition) is 0. The van der Waals surface area contributed by atoms with Gasteiger partial charge in [0.05, 0.1) is 28.1 Å². The predicted octanol–water partition coefficient (Wildman–Crippen LogP) is 10.9. The van der Waals surface area contributed by atoms with Crippen LogP contribution in [0.2, 0.25) is 0 Å². The van der Waals surface area contributed by atoms with Gasteiger partial charge in [-0.1, -0.05) is 147 Å². The summed E-state index contributed by atoms with van der Waals surface area (Å²) in [5.74, 6) is 0.709. The van der Waals surface area contributed by atoms with E-state index in [0.717, 1.165) is 44.8 Å². The highest BCUT2D eigenvalue weighted by Gasteiger charge is 2.36. The highest BCUT2D eigenvalue weighted by Crippen LogP contribution is 2.51. The van der Waals surface area contributed by atoms with E-state index in [1.165, 1.54) is 33.0 Å². The molecule has 2 heterocycles. The van der Waals surface area contributed by atoms with E-state index in [0.29, 0.717) is 5.82 Å². The molecule has 3 nitrogen and oxygen atoms in total. The van der Waals surface area contributed by atoms with Gasteiger partial charge in [-0.15, -0.1) is 0 Å². The molecule has 218 valence electrons. The van der Waals surface area contributed by atoms with Crippen molar-refractivity contribution < 1.29 is 0 Å². The summed E-state index contributed by atoms with van der Waals surface area (Å²) in [7, 11) is 0. The van der Waals surface area contributed by atoms with Gasteiger partial charge >= 0.3 is 0 Å². The Morgan fingerprint density at radius 2 is 1.00 bits per heavy atom. The van der Waals surface area contributed by atoms with Gasteiger partial charge in [0.15, 0.2) is 5.82 Å². The molecule has 0 unspecified atom stereocenters. The minimum atomic E-state index is -0.125. The van der Waals surface area contributed by atoms with Crippen molar-refractivity contribution >= 4 is 21.8 Å². The van der Waals surface area contributed by atoms with Crippen LogP contribution < -0.4 is 0 Å². The van der Waals surface area contributed by atoms with Crippen molar-refractivity contribution in [3.8, 4) is 50.7 Å². The summed E-state index contributed by atoms with van der Waals surface area (Å²) in [5.41, 5.74) is 13.4. The minimum Gasteiger partial charge on any atom is -0.305 e. The maximum absolute atomic E-state index is 5.37. The van der Waals surface area contributed by atoms with Crippen LogP contribution in [-0.4, -0.2) is 14.5 Å². The molecule has 6 aromatic carbocycles. The largest absolute Gasteiger partial charge is 0.305 e. The average Bonchev–Trinajstić information content (AvgIpc) is 3.56. The number of nitrogens with zero attached hydrogens (tertiary/aromatic N) is 3. The number of rotatable bonds is 4. The van der Waals surface area contributed by atoms with Crippen molar-refractivity contribution in [2.75, 3.05) is 0 Å². The van der Waals surface area contributed by atoms with Crippen LogP contribution in [0.25, 0.3) is 72.5 Å². The maximum Gasteiger partial charge on any atom is 0.160 e. The molecule has 0 saturated heterocycles. The first-order valence-corrected chi connectivity index (χ1v) is 15.9. The van der Waals surface area contributed by atoms with Crippen LogP contribution in [0.5, 0.6) is 0 Å². The Morgan fingerprint density at radius 3 is 1.65 bits per heavy atom. The summed E-state index contributed by atoms with van der Waals surface area (Å²) >= 11 is 0. The molecule has 9 rings (SSSR count). The van der Waals surface area contributed by atoms with Crippen LogP contribution in [0.4, 0.5) is 0 Å². The van der Waals surface area contributed by atoms with E-state index < -0.39 is 0 Å². The van der Waals surface area contributed by atoms with Crippen LogP contribution in [0, 0.1) is 0 Å². The van der Waals surface area contributed by atoms with Crippen LogP contribution in [0.3, 0.4) is 0 Å². The van der Waals surface area contributed by atoms with Gasteiger partial charge in [-0.3, -0.25) is 0 Å². The summed E-state index contributed by atoms with van der Waals surface area (Å²) in [6.45, 7) is 4.69. The Balaban J connectivity index is 1.46. The topological polar surface area (TPSA) is 30.7 Å². The van der Waals surface area contributed by atoms with Crippen molar-refractivity contribution in [1.82, 2.24) is 14.5 Å². The molecular formula is C43H31N3. The van der Waals surface area contributed by atoms with E-state index in [-0.39, 0.29) is 5.41 Å². The van der Waals surface area contributed by atoms with Gasteiger partial charge in [0.2, 0.25) is 0 Å². The Kier molecular flexibility index (Phi) is 5.85. The summed E-state index contributed by atoms with van der Waals surface area (Å²) in [4.78, 5) is 10.7. The number of benzene rings is 6. The fourth-order valence-corrected chi connectivity index (χ4v) is 7.38. The van der Waals surface area contributed by atoms with Crippen molar-refractivity contribution in [1.29, 1.82) is 0 Å². The quantitative estimate of drug-likeness (QED) is 0.204. The molecule has 0 radical (unpaired) electrons. The first kappa shape index (κ1) is 26.6. The van der Waals surface area contributed by atoms with Gasteiger partial charge < -0.3 is 4.57 Å². The molecule has 46 heavy (non-hydrogen) atoms. The predicted molar refractivity (Wildman–Crippen MR) is 190 cm³/mol. The van der Waals surface area contributed by atoms with Crippen LogP contribution in [-0.2, 0) is 5.41 Å². The van der Waals surface area contributed by atoms with Gasteiger partial charge in [0.1, 0.15) is 0 Å². The molecule has 0 bridgehead atoms. The van der Waals surface area contributed by atoms with Gasteiger partial charge in [-0.2, -0.15) is 0 Å². The second-order valence-electron chi connectivity index (χ2n) is 12.6. The molecule has 0 saturated carbocycles. The highest BCUT2D eigenvalue weighted by atomic mass is 15.0. The third kappa shape index (κ3) is 3.92. The Morgan fingerprint density at radius 1 is 0.457 bits per heavy atom. The van der Waals surface area contributed by atoms with Crippen LogP contribution in [0.15, 0.2) is 152 Å². The van der Waals surface area contributed by atoms with E-state index >= 15 is 0 Å². The Hall–Kier alpha value is -5.80. The number of fused-ring (bicyclic) bond motifs is 6. The third-order valence-corrected chi connectivity index (χ3v) is 9.61. The molecule has 8 aromatic rings. The van der Waals surface area contributed by atoms with E-state index in [2.05, 4.69) is 152 Å². The standard InChI is InChI=1S/C43H31N3/c1-43(2)35-24-14-12-22-31(35)33-26-34-32-23-13-15-25-37(32)46(38(34)27-36(33)43)41-39(28-16-6-3-7-17-28)44-42(30-20-10-5-11-21-30)45-40(41)29-18-8-4-9-19-29/h3-27H,1-2H3. The van der Waals surface area contributed by atoms with Crippen LogP contribution >= 0.6 is 0 Å². The Labute approximate surface area is 268 Å². The van der Waals surface area contributed by atoms with E-state index in [9.17, 15) is 0 Å². The summed E-state index contributed by atoms with van der Waals surface area (Å²) in [5, 5.41) is 2.44. The molecule has 1 aliphatic carbocycles. The smallest absolute Gasteiger partial charge is 0.160 e. The lowest BCUT2D eigenvalue weighted by Gasteiger charge is -2.22. The molecule has 0 N–H and O–H groups in total. The molecule has 0 atom stereocenters. The third-order valence-electron chi connectivity index (χ3n) is 9.61. The summed E-state index contributed by atoms with van der Waals surface area (Å²) in [6.07, 6.45) is 0. The monoisotopic (exact) mass is 589 g/mol.